The highest BCUT2D eigenvalue weighted by Gasteiger charge is 2.67. The number of likely N-dealkylation sites (tertiary alicyclic amines) is 1. The quantitative estimate of drug-likeness (QED) is 0.478. The van der Waals surface area contributed by atoms with Crippen molar-refractivity contribution in [3.63, 3.8) is 0 Å². The lowest BCUT2D eigenvalue weighted by atomic mass is 9.63. The van der Waals surface area contributed by atoms with Crippen LogP contribution in [0.5, 0.6) is 0 Å². The molecular formula is C22H22N2O5. The highest BCUT2D eigenvalue weighted by molar-refractivity contribution is 6.10. The molecule has 5 aliphatic rings. The van der Waals surface area contributed by atoms with Gasteiger partial charge in [-0.15, -0.1) is 0 Å². The van der Waals surface area contributed by atoms with Gasteiger partial charge in [0.2, 0.25) is 17.7 Å². The van der Waals surface area contributed by atoms with Gasteiger partial charge in [-0.3, -0.25) is 19.3 Å². The first-order valence-corrected chi connectivity index (χ1v) is 9.97. The molecule has 0 radical (unpaired) electrons. The third-order valence-electron chi connectivity index (χ3n) is 7.04. The summed E-state index contributed by atoms with van der Waals surface area (Å²) in [6, 6.07) is 5.37. The molecule has 0 aromatic heterocycles. The van der Waals surface area contributed by atoms with E-state index in [1.54, 1.807) is 31.2 Å². The molecule has 1 aromatic rings. The van der Waals surface area contributed by atoms with E-state index in [9.17, 15) is 19.2 Å². The molecule has 7 atom stereocenters. The van der Waals surface area contributed by atoms with Crippen LogP contribution in [0.25, 0.3) is 0 Å². The number of carbonyl (C=O) groups excluding carboxylic acids is 4. The van der Waals surface area contributed by atoms with Gasteiger partial charge in [0.05, 0.1) is 24.5 Å². The second kappa shape index (κ2) is 6.27. The van der Waals surface area contributed by atoms with E-state index in [1.807, 2.05) is 0 Å². The van der Waals surface area contributed by atoms with Crippen molar-refractivity contribution in [3.05, 3.63) is 42.0 Å². The van der Waals surface area contributed by atoms with Gasteiger partial charge in [-0.05, 0) is 61.3 Å². The van der Waals surface area contributed by atoms with Crippen LogP contribution in [0, 0.1) is 35.5 Å². The van der Waals surface area contributed by atoms with Gasteiger partial charge >= 0.3 is 5.97 Å². The number of esters is 1. The maximum absolute atomic E-state index is 13.1. The molecule has 0 unspecified atom stereocenters. The van der Waals surface area contributed by atoms with E-state index < -0.39 is 17.9 Å². The number of methoxy groups -OCH3 is 1. The van der Waals surface area contributed by atoms with Crippen molar-refractivity contribution in [2.24, 2.45) is 35.5 Å². The molecule has 1 N–H and O–H groups in total. The minimum absolute atomic E-state index is 0.137. The van der Waals surface area contributed by atoms with Gasteiger partial charge in [0.25, 0.3) is 0 Å². The lowest BCUT2D eigenvalue weighted by Crippen LogP contribution is -2.46. The third-order valence-corrected chi connectivity index (χ3v) is 7.04. The minimum Gasteiger partial charge on any atom is -0.465 e. The molecule has 29 heavy (non-hydrogen) atoms. The Bertz CT molecular complexity index is 916. The predicted octanol–water partition coefficient (Wildman–Crippen LogP) is 1.85. The van der Waals surface area contributed by atoms with Crippen LogP contribution in [-0.4, -0.2) is 41.7 Å². The number of ether oxygens (including phenoxy) is 1. The number of nitrogens with zero attached hydrogens (tertiary/aromatic N) is 1. The number of allylic oxidation sites excluding steroid dienone is 2. The zero-order valence-corrected chi connectivity index (χ0v) is 16.2. The molecule has 6 rings (SSSR count). The average molecular weight is 394 g/mol. The minimum atomic E-state index is -0.892. The van der Waals surface area contributed by atoms with Crippen LogP contribution in [0.4, 0.5) is 5.69 Å². The van der Waals surface area contributed by atoms with E-state index in [0.717, 1.165) is 6.42 Å². The van der Waals surface area contributed by atoms with Crippen LogP contribution in [0.3, 0.4) is 0 Å². The maximum Gasteiger partial charge on any atom is 0.337 e. The number of anilines is 1. The van der Waals surface area contributed by atoms with Crippen molar-refractivity contribution in [1.82, 2.24) is 4.90 Å². The number of imide groups is 1. The van der Waals surface area contributed by atoms with Crippen molar-refractivity contribution < 1.29 is 23.9 Å². The van der Waals surface area contributed by atoms with Crippen LogP contribution in [0.2, 0.25) is 0 Å². The zero-order valence-electron chi connectivity index (χ0n) is 16.2. The SMILES string of the molecule is COC(=O)c1ccc(NC(=O)[C@H](C)N2C(=O)[C@@H]3[C@H]4C=C[C@@H]([C@@H]5C[C@H]45)[C@H]3C2=O)cc1. The van der Waals surface area contributed by atoms with E-state index in [0.29, 0.717) is 23.1 Å². The van der Waals surface area contributed by atoms with Crippen LogP contribution in [0.15, 0.2) is 36.4 Å². The molecule has 2 bridgehead atoms. The third kappa shape index (κ3) is 2.56. The lowest BCUT2D eigenvalue weighted by molar-refractivity contribution is -0.146. The van der Waals surface area contributed by atoms with Crippen molar-refractivity contribution in [2.45, 2.75) is 19.4 Å². The van der Waals surface area contributed by atoms with Gasteiger partial charge in [0.15, 0.2) is 0 Å². The Kier molecular flexibility index (Phi) is 3.91. The van der Waals surface area contributed by atoms with Crippen molar-refractivity contribution in [1.29, 1.82) is 0 Å². The van der Waals surface area contributed by atoms with E-state index in [1.165, 1.54) is 12.0 Å². The summed E-state index contributed by atoms with van der Waals surface area (Å²) < 4.78 is 4.65. The summed E-state index contributed by atoms with van der Waals surface area (Å²) in [5.41, 5.74) is 0.850. The molecular weight excluding hydrogens is 372 g/mol. The molecule has 2 saturated carbocycles. The van der Waals surface area contributed by atoms with Crippen LogP contribution in [-0.2, 0) is 19.1 Å². The fourth-order valence-electron chi connectivity index (χ4n) is 5.53. The highest BCUT2D eigenvalue weighted by atomic mass is 16.5. The summed E-state index contributed by atoms with van der Waals surface area (Å²) in [6.07, 6.45) is 5.33. The first-order chi connectivity index (χ1) is 13.9. The highest BCUT2D eigenvalue weighted by Crippen LogP contribution is 2.65. The van der Waals surface area contributed by atoms with E-state index in [2.05, 4.69) is 22.2 Å². The number of hydrogen-bond acceptors (Lipinski definition) is 5. The van der Waals surface area contributed by atoms with Crippen LogP contribution < -0.4 is 5.32 Å². The number of rotatable bonds is 4. The first-order valence-electron chi connectivity index (χ1n) is 9.97. The molecule has 1 aliphatic heterocycles. The van der Waals surface area contributed by atoms with Crippen LogP contribution >= 0.6 is 0 Å². The normalized spacial score (nSPS) is 34.5. The number of amides is 3. The standard InChI is InChI=1S/C22H22N2O5/c1-10(19(25)23-12-5-3-11(4-6-12)22(28)29-2)24-20(26)17-13-7-8-14(16-9-15(13)16)18(17)21(24)27/h3-8,10,13-18H,9H2,1-2H3,(H,23,25)/t10-,13-,14-,15-,16+,17+,18+/m0/s1. The zero-order chi connectivity index (χ0) is 20.4. The van der Waals surface area contributed by atoms with Gasteiger partial charge in [0, 0.05) is 5.69 Å². The summed E-state index contributed by atoms with van der Waals surface area (Å²) >= 11 is 0. The van der Waals surface area contributed by atoms with Gasteiger partial charge in [-0.2, -0.15) is 0 Å². The molecule has 7 heteroatoms. The number of benzene rings is 1. The van der Waals surface area contributed by atoms with Gasteiger partial charge in [0.1, 0.15) is 6.04 Å². The summed E-state index contributed by atoms with van der Waals surface area (Å²) in [4.78, 5) is 51.6. The Labute approximate surface area is 168 Å². The molecule has 1 saturated heterocycles. The number of hydrogen-bond donors (Lipinski definition) is 1. The Hall–Kier alpha value is -2.96. The largest absolute Gasteiger partial charge is 0.465 e. The molecule has 1 aromatic carbocycles. The molecule has 1 heterocycles. The molecule has 3 amide bonds. The van der Waals surface area contributed by atoms with Gasteiger partial charge in [-0.1, -0.05) is 12.2 Å². The van der Waals surface area contributed by atoms with E-state index in [-0.39, 0.29) is 35.5 Å². The Morgan fingerprint density at radius 1 is 1.03 bits per heavy atom. The van der Waals surface area contributed by atoms with Crippen molar-refractivity contribution in [2.75, 3.05) is 12.4 Å². The molecule has 0 spiro atoms. The van der Waals surface area contributed by atoms with Crippen molar-refractivity contribution in [3.8, 4) is 0 Å². The number of nitrogens with one attached hydrogen (secondary N) is 1. The molecule has 3 fully saturated rings. The summed E-state index contributed by atoms with van der Waals surface area (Å²) in [5.74, 6) is -0.612. The predicted molar refractivity (Wildman–Crippen MR) is 102 cm³/mol. The lowest BCUT2D eigenvalue weighted by Gasteiger charge is -2.37. The fraction of sp³-hybridized carbons (Fsp3) is 0.455. The Morgan fingerprint density at radius 2 is 1.59 bits per heavy atom. The summed E-state index contributed by atoms with van der Waals surface area (Å²) in [6.45, 7) is 1.58. The van der Waals surface area contributed by atoms with Crippen LogP contribution in [0.1, 0.15) is 23.7 Å². The smallest absolute Gasteiger partial charge is 0.337 e. The molecule has 7 nitrogen and oxygen atoms in total. The Balaban J connectivity index is 1.31. The second-order valence-corrected chi connectivity index (χ2v) is 8.44. The number of carbonyl (C=O) groups is 4. The maximum atomic E-state index is 13.1. The fourth-order valence-corrected chi connectivity index (χ4v) is 5.53. The van der Waals surface area contributed by atoms with E-state index >= 15 is 0 Å². The monoisotopic (exact) mass is 394 g/mol. The van der Waals surface area contributed by atoms with Gasteiger partial charge < -0.3 is 10.1 Å². The van der Waals surface area contributed by atoms with E-state index in [4.69, 9.17) is 0 Å². The van der Waals surface area contributed by atoms with Gasteiger partial charge in [-0.25, -0.2) is 4.79 Å². The average Bonchev–Trinajstić information content (AvgIpc) is 3.51. The second-order valence-electron chi connectivity index (χ2n) is 8.44. The molecule has 150 valence electrons. The Morgan fingerprint density at radius 3 is 2.10 bits per heavy atom. The van der Waals surface area contributed by atoms with Crippen molar-refractivity contribution >= 4 is 29.4 Å². The summed E-state index contributed by atoms with van der Waals surface area (Å²) in [7, 11) is 1.30. The molecule has 4 aliphatic carbocycles. The topological polar surface area (TPSA) is 92.8 Å². The first kappa shape index (κ1) is 18.1. The summed E-state index contributed by atoms with van der Waals surface area (Å²) in [5, 5.41) is 2.73.